The van der Waals surface area contributed by atoms with Crippen LogP contribution in [0.25, 0.3) is 0 Å². The molecule has 4 heteroatoms. The minimum absolute atomic E-state index is 0.105. The first-order valence-electron chi connectivity index (χ1n) is 7.70. The van der Waals surface area contributed by atoms with Gasteiger partial charge in [0.1, 0.15) is 5.75 Å². The molecule has 0 N–H and O–H groups in total. The second-order valence-corrected chi connectivity index (χ2v) is 10.3. The summed E-state index contributed by atoms with van der Waals surface area (Å²) in [6.45, 7) is 7.40. The molecular weight excluding hydrogens is 278 g/mol. The monoisotopic (exact) mass is 305 g/mol. The molecule has 0 aliphatic carbocycles. The lowest BCUT2D eigenvalue weighted by molar-refractivity contribution is 0.294. The van der Waals surface area contributed by atoms with E-state index in [4.69, 9.17) is 9.16 Å². The largest absolute Gasteiger partial charge is 0.497 e. The van der Waals surface area contributed by atoms with Gasteiger partial charge in [-0.15, -0.1) is 0 Å². The molecule has 1 rings (SSSR count). The molecule has 3 nitrogen and oxygen atoms in total. The summed E-state index contributed by atoms with van der Waals surface area (Å²) in [5, 5.41) is 9.35. The SMILES string of the molecule is CCCC[Si](C)(C)OCCC(C#N)c1ccc(OC)cc1. The van der Waals surface area contributed by atoms with Crippen LogP contribution in [0.15, 0.2) is 24.3 Å². The fourth-order valence-electron chi connectivity index (χ4n) is 2.27. The van der Waals surface area contributed by atoms with E-state index in [2.05, 4.69) is 26.1 Å². The van der Waals surface area contributed by atoms with Gasteiger partial charge in [-0.1, -0.05) is 31.9 Å². The van der Waals surface area contributed by atoms with E-state index < -0.39 is 8.32 Å². The van der Waals surface area contributed by atoms with Crippen LogP contribution in [-0.4, -0.2) is 22.0 Å². The predicted octanol–water partition coefficient (Wildman–Crippen LogP) is 4.71. The van der Waals surface area contributed by atoms with E-state index in [9.17, 15) is 5.26 Å². The topological polar surface area (TPSA) is 42.2 Å². The molecule has 0 spiro atoms. The van der Waals surface area contributed by atoms with Crippen LogP contribution in [0, 0.1) is 11.3 Å². The first-order valence-corrected chi connectivity index (χ1v) is 10.8. The maximum absolute atomic E-state index is 9.35. The molecule has 0 saturated carbocycles. The molecule has 0 bridgehead atoms. The van der Waals surface area contributed by atoms with Crippen LogP contribution in [0.2, 0.25) is 19.1 Å². The number of methoxy groups -OCH3 is 1. The summed E-state index contributed by atoms with van der Waals surface area (Å²) in [5.41, 5.74) is 1.04. The third-order valence-corrected chi connectivity index (χ3v) is 6.25. The Bertz CT molecular complexity index is 451. The zero-order chi connectivity index (χ0) is 15.7. The minimum Gasteiger partial charge on any atom is -0.497 e. The number of nitriles is 1. The lowest BCUT2D eigenvalue weighted by Crippen LogP contribution is -2.30. The van der Waals surface area contributed by atoms with E-state index >= 15 is 0 Å². The Balaban J connectivity index is 2.49. The van der Waals surface area contributed by atoms with Crippen molar-refractivity contribution < 1.29 is 9.16 Å². The smallest absolute Gasteiger partial charge is 0.186 e. The molecule has 0 radical (unpaired) electrons. The van der Waals surface area contributed by atoms with E-state index in [1.54, 1.807) is 7.11 Å². The van der Waals surface area contributed by atoms with Crippen molar-refractivity contribution in [3.63, 3.8) is 0 Å². The lowest BCUT2D eigenvalue weighted by atomic mass is 9.98. The van der Waals surface area contributed by atoms with Gasteiger partial charge in [0.05, 0.1) is 19.1 Å². The Morgan fingerprint density at radius 3 is 2.43 bits per heavy atom. The van der Waals surface area contributed by atoms with Gasteiger partial charge < -0.3 is 9.16 Å². The first-order chi connectivity index (χ1) is 10.0. The van der Waals surface area contributed by atoms with Crippen LogP contribution in [-0.2, 0) is 4.43 Å². The Morgan fingerprint density at radius 2 is 1.90 bits per heavy atom. The summed E-state index contributed by atoms with van der Waals surface area (Å²) < 4.78 is 11.2. The van der Waals surface area contributed by atoms with Crippen molar-refractivity contribution in [1.82, 2.24) is 0 Å². The molecule has 1 atom stereocenters. The summed E-state index contributed by atoms with van der Waals surface area (Å²) in [6.07, 6.45) is 3.21. The molecule has 21 heavy (non-hydrogen) atoms. The average Bonchev–Trinajstić information content (AvgIpc) is 2.50. The number of unbranched alkanes of at least 4 members (excludes halogenated alkanes) is 1. The number of benzene rings is 1. The van der Waals surface area contributed by atoms with Crippen LogP contribution >= 0.6 is 0 Å². The number of rotatable bonds is 9. The molecule has 0 fully saturated rings. The van der Waals surface area contributed by atoms with E-state index in [-0.39, 0.29) is 5.92 Å². The van der Waals surface area contributed by atoms with Crippen LogP contribution in [0.1, 0.15) is 37.7 Å². The predicted molar refractivity (Wildman–Crippen MR) is 89.1 cm³/mol. The highest BCUT2D eigenvalue weighted by atomic mass is 28.4. The summed E-state index contributed by atoms with van der Waals surface area (Å²) >= 11 is 0. The Morgan fingerprint density at radius 1 is 1.24 bits per heavy atom. The van der Waals surface area contributed by atoms with Crippen molar-refractivity contribution in [2.75, 3.05) is 13.7 Å². The molecule has 0 aromatic heterocycles. The molecule has 1 unspecified atom stereocenters. The number of ether oxygens (including phenoxy) is 1. The van der Waals surface area contributed by atoms with Crippen LogP contribution in [0.3, 0.4) is 0 Å². The van der Waals surface area contributed by atoms with E-state index in [1.807, 2.05) is 24.3 Å². The second kappa shape index (κ2) is 8.86. The minimum atomic E-state index is -1.55. The van der Waals surface area contributed by atoms with Gasteiger partial charge in [0.25, 0.3) is 0 Å². The summed E-state index contributed by atoms with van der Waals surface area (Å²) in [6, 6.07) is 11.3. The fourth-order valence-corrected chi connectivity index (χ4v) is 4.29. The van der Waals surface area contributed by atoms with Crippen molar-refractivity contribution in [2.45, 2.75) is 51.2 Å². The van der Waals surface area contributed by atoms with Crippen LogP contribution < -0.4 is 4.74 Å². The number of nitrogens with zero attached hydrogens (tertiary/aromatic N) is 1. The third kappa shape index (κ3) is 6.32. The zero-order valence-electron chi connectivity index (χ0n) is 13.7. The van der Waals surface area contributed by atoms with Crippen molar-refractivity contribution in [3.8, 4) is 11.8 Å². The summed E-state index contributed by atoms with van der Waals surface area (Å²) in [4.78, 5) is 0. The van der Waals surface area contributed by atoms with Gasteiger partial charge in [0.2, 0.25) is 0 Å². The molecule has 116 valence electrons. The standard InChI is InChI=1S/C17H27NO2Si/c1-5-6-13-21(3,4)20-12-11-16(14-18)15-7-9-17(19-2)10-8-15/h7-10,16H,5-6,11-13H2,1-4H3. The highest BCUT2D eigenvalue weighted by Crippen LogP contribution is 2.23. The fraction of sp³-hybridized carbons (Fsp3) is 0.588. The number of hydrogen-bond acceptors (Lipinski definition) is 3. The first kappa shape index (κ1) is 17.7. The van der Waals surface area contributed by atoms with Gasteiger partial charge in [-0.2, -0.15) is 5.26 Å². The molecule has 0 aliphatic heterocycles. The lowest BCUT2D eigenvalue weighted by Gasteiger charge is -2.23. The van der Waals surface area contributed by atoms with Crippen LogP contribution in [0.5, 0.6) is 5.75 Å². The maximum Gasteiger partial charge on any atom is 0.186 e. The molecule has 0 amide bonds. The highest BCUT2D eigenvalue weighted by molar-refractivity contribution is 6.71. The van der Waals surface area contributed by atoms with Gasteiger partial charge in [0, 0.05) is 6.61 Å². The Hall–Kier alpha value is -1.31. The highest BCUT2D eigenvalue weighted by Gasteiger charge is 2.22. The van der Waals surface area contributed by atoms with Gasteiger partial charge in [-0.3, -0.25) is 0 Å². The zero-order valence-corrected chi connectivity index (χ0v) is 14.7. The average molecular weight is 305 g/mol. The van der Waals surface area contributed by atoms with Gasteiger partial charge in [-0.05, 0) is 43.3 Å². The van der Waals surface area contributed by atoms with E-state index in [1.165, 1.54) is 18.9 Å². The number of hydrogen-bond donors (Lipinski definition) is 0. The van der Waals surface area contributed by atoms with Crippen molar-refractivity contribution in [3.05, 3.63) is 29.8 Å². The Labute approximate surface area is 130 Å². The molecule has 0 saturated heterocycles. The second-order valence-electron chi connectivity index (χ2n) is 5.96. The quantitative estimate of drug-likeness (QED) is 0.620. The molecule has 1 aromatic carbocycles. The van der Waals surface area contributed by atoms with Crippen LogP contribution in [0.4, 0.5) is 0 Å². The molecule has 1 aromatic rings. The third-order valence-electron chi connectivity index (χ3n) is 3.71. The maximum atomic E-state index is 9.35. The normalized spacial score (nSPS) is 12.7. The van der Waals surface area contributed by atoms with Crippen molar-refractivity contribution in [1.29, 1.82) is 5.26 Å². The molecular formula is C17H27NO2Si. The van der Waals surface area contributed by atoms with E-state index in [0.717, 1.165) is 17.7 Å². The Kier molecular flexibility index (Phi) is 7.48. The van der Waals surface area contributed by atoms with Crippen molar-refractivity contribution >= 4 is 8.32 Å². The van der Waals surface area contributed by atoms with Gasteiger partial charge >= 0.3 is 0 Å². The van der Waals surface area contributed by atoms with Crippen molar-refractivity contribution in [2.24, 2.45) is 0 Å². The summed E-state index contributed by atoms with van der Waals surface area (Å²) in [7, 11) is 0.0975. The molecule has 0 heterocycles. The summed E-state index contributed by atoms with van der Waals surface area (Å²) in [5.74, 6) is 0.715. The van der Waals surface area contributed by atoms with Gasteiger partial charge in [0.15, 0.2) is 8.32 Å². The van der Waals surface area contributed by atoms with E-state index in [0.29, 0.717) is 6.61 Å². The van der Waals surface area contributed by atoms with Gasteiger partial charge in [-0.25, -0.2) is 0 Å². The molecule has 0 aliphatic rings.